The van der Waals surface area contributed by atoms with Crippen molar-refractivity contribution in [1.82, 2.24) is 9.55 Å². The van der Waals surface area contributed by atoms with E-state index >= 15 is 0 Å². The van der Waals surface area contributed by atoms with Gasteiger partial charge < -0.3 is 4.57 Å². The van der Waals surface area contributed by atoms with Gasteiger partial charge in [0.1, 0.15) is 5.82 Å². The molecular weight excluding hydrogens is 244 g/mol. The summed E-state index contributed by atoms with van der Waals surface area (Å²) >= 11 is 0. The normalized spacial score (nSPS) is 17.1. The number of nitrogens with zero attached hydrogens (tertiary/aromatic N) is 2. The Morgan fingerprint density at radius 2 is 2.20 bits per heavy atom. The van der Waals surface area contributed by atoms with Crippen molar-refractivity contribution < 1.29 is 0 Å². The number of aromatic nitrogens is 2. The van der Waals surface area contributed by atoms with Crippen LogP contribution in [0.1, 0.15) is 68.7 Å². The van der Waals surface area contributed by atoms with Crippen LogP contribution in [0, 0.1) is 32.1 Å². The highest BCUT2D eigenvalue weighted by Crippen LogP contribution is 2.36. The summed E-state index contributed by atoms with van der Waals surface area (Å²) in [6, 6.07) is 0.603. The summed E-state index contributed by atoms with van der Waals surface area (Å²) in [5, 5.41) is 0. The van der Waals surface area contributed by atoms with Crippen molar-refractivity contribution in [2.45, 2.75) is 65.3 Å². The molecular formula is C18H26N2. The van der Waals surface area contributed by atoms with Crippen LogP contribution in [0.15, 0.2) is 6.08 Å². The van der Waals surface area contributed by atoms with Crippen LogP contribution in [0.4, 0.5) is 0 Å². The number of allylic oxidation sites excluding steroid dienone is 1. The molecule has 1 aromatic heterocycles. The van der Waals surface area contributed by atoms with E-state index in [1.807, 2.05) is 6.08 Å². The molecule has 2 nitrogen and oxygen atoms in total. The first-order valence-corrected chi connectivity index (χ1v) is 7.85. The Morgan fingerprint density at radius 3 is 2.75 bits per heavy atom. The maximum atomic E-state index is 5.30. The Kier molecular flexibility index (Phi) is 5.06. The zero-order valence-electron chi connectivity index (χ0n) is 13.0. The van der Waals surface area contributed by atoms with Crippen LogP contribution in [0.2, 0.25) is 0 Å². The van der Waals surface area contributed by atoms with Crippen LogP contribution < -0.4 is 0 Å². The van der Waals surface area contributed by atoms with E-state index in [0.717, 1.165) is 17.4 Å². The Labute approximate surface area is 123 Å². The third-order valence-electron chi connectivity index (χ3n) is 4.52. The van der Waals surface area contributed by atoms with Gasteiger partial charge in [-0.2, -0.15) is 0 Å². The summed E-state index contributed by atoms with van der Waals surface area (Å²) in [5.41, 5.74) is 2.28. The van der Waals surface area contributed by atoms with Gasteiger partial charge >= 0.3 is 0 Å². The van der Waals surface area contributed by atoms with Crippen LogP contribution >= 0.6 is 0 Å². The smallest absolute Gasteiger partial charge is 0.106 e. The second kappa shape index (κ2) is 6.79. The van der Waals surface area contributed by atoms with Gasteiger partial charge in [0.2, 0.25) is 0 Å². The molecule has 1 atom stereocenters. The van der Waals surface area contributed by atoms with E-state index in [1.165, 1.54) is 44.2 Å². The molecule has 0 aliphatic heterocycles. The predicted octanol–water partition coefficient (Wildman–Crippen LogP) is 4.68. The molecule has 0 bridgehead atoms. The Bertz CT molecular complexity index is 512. The molecule has 2 rings (SSSR count). The topological polar surface area (TPSA) is 17.8 Å². The fourth-order valence-electron chi connectivity index (χ4n) is 3.30. The van der Waals surface area contributed by atoms with E-state index in [0.29, 0.717) is 6.04 Å². The largest absolute Gasteiger partial charge is 0.329 e. The predicted molar refractivity (Wildman–Crippen MR) is 85.5 cm³/mol. The molecule has 1 unspecified atom stereocenters. The van der Waals surface area contributed by atoms with Crippen molar-refractivity contribution in [2.24, 2.45) is 5.92 Å². The highest BCUT2D eigenvalue weighted by Gasteiger charge is 2.25. The van der Waals surface area contributed by atoms with E-state index in [2.05, 4.69) is 36.2 Å². The standard InChI is InChI=1S/C18H26N2/c1-5-7-12-18-14(3)20(15(4)19-18)17(9-6-2)13-16-10-8-11-16/h1,7,12,16-17H,6,8-11,13H2,2-4H3/b12-7-. The maximum Gasteiger partial charge on any atom is 0.106 e. The van der Waals surface area contributed by atoms with Gasteiger partial charge in [-0.1, -0.05) is 38.5 Å². The van der Waals surface area contributed by atoms with E-state index in [-0.39, 0.29) is 0 Å². The molecule has 1 saturated carbocycles. The molecule has 0 spiro atoms. The summed E-state index contributed by atoms with van der Waals surface area (Å²) in [5.74, 6) is 4.60. The van der Waals surface area contributed by atoms with Crippen molar-refractivity contribution in [3.05, 3.63) is 23.3 Å². The third-order valence-corrected chi connectivity index (χ3v) is 4.52. The molecule has 2 heteroatoms. The van der Waals surface area contributed by atoms with Crippen molar-refractivity contribution in [1.29, 1.82) is 0 Å². The zero-order chi connectivity index (χ0) is 14.5. The lowest BCUT2D eigenvalue weighted by molar-refractivity contribution is 0.239. The van der Waals surface area contributed by atoms with Gasteiger partial charge in [-0.25, -0.2) is 4.98 Å². The molecule has 1 aromatic rings. The van der Waals surface area contributed by atoms with E-state index in [4.69, 9.17) is 6.42 Å². The molecule has 0 saturated heterocycles. The fraction of sp³-hybridized carbons (Fsp3) is 0.611. The number of terminal acetylenes is 1. The van der Waals surface area contributed by atoms with Gasteiger partial charge in [0.15, 0.2) is 0 Å². The first-order chi connectivity index (χ1) is 9.67. The summed E-state index contributed by atoms with van der Waals surface area (Å²) < 4.78 is 2.44. The van der Waals surface area contributed by atoms with Crippen LogP contribution in [0.25, 0.3) is 6.08 Å². The van der Waals surface area contributed by atoms with Gasteiger partial charge in [-0.15, -0.1) is 6.42 Å². The van der Waals surface area contributed by atoms with Crippen molar-refractivity contribution in [2.75, 3.05) is 0 Å². The molecule has 0 amide bonds. The van der Waals surface area contributed by atoms with Crippen LogP contribution in [0.5, 0.6) is 0 Å². The number of hydrogen-bond donors (Lipinski definition) is 0. The fourth-order valence-corrected chi connectivity index (χ4v) is 3.30. The van der Waals surface area contributed by atoms with E-state index in [9.17, 15) is 0 Å². The van der Waals surface area contributed by atoms with E-state index < -0.39 is 0 Å². The minimum atomic E-state index is 0.603. The second-order valence-corrected chi connectivity index (χ2v) is 5.97. The summed E-state index contributed by atoms with van der Waals surface area (Å²) in [6.45, 7) is 6.55. The summed E-state index contributed by atoms with van der Waals surface area (Å²) in [7, 11) is 0. The Balaban J connectivity index is 2.24. The number of rotatable bonds is 6. The maximum absolute atomic E-state index is 5.30. The molecule has 1 fully saturated rings. The molecule has 0 N–H and O–H groups in total. The minimum absolute atomic E-state index is 0.603. The molecule has 1 aliphatic rings. The Hall–Kier alpha value is -1.49. The summed E-state index contributed by atoms with van der Waals surface area (Å²) in [6.07, 6.45) is 17.0. The lowest BCUT2D eigenvalue weighted by Gasteiger charge is -2.31. The molecule has 0 radical (unpaired) electrons. The van der Waals surface area contributed by atoms with Crippen LogP contribution in [-0.4, -0.2) is 9.55 Å². The average Bonchev–Trinajstić information content (AvgIpc) is 2.65. The first kappa shape index (κ1) is 14.9. The third kappa shape index (κ3) is 3.15. The number of hydrogen-bond acceptors (Lipinski definition) is 1. The molecule has 1 heterocycles. The summed E-state index contributed by atoms with van der Waals surface area (Å²) in [4.78, 5) is 4.68. The number of aryl methyl sites for hydroxylation is 1. The average molecular weight is 270 g/mol. The lowest BCUT2D eigenvalue weighted by atomic mass is 9.80. The van der Waals surface area contributed by atoms with Crippen molar-refractivity contribution >= 4 is 6.08 Å². The molecule has 108 valence electrons. The van der Waals surface area contributed by atoms with Crippen molar-refractivity contribution in [3.8, 4) is 12.3 Å². The number of imidazole rings is 1. The monoisotopic (exact) mass is 270 g/mol. The quantitative estimate of drug-likeness (QED) is 0.686. The Morgan fingerprint density at radius 1 is 1.45 bits per heavy atom. The first-order valence-electron chi connectivity index (χ1n) is 7.85. The SMILES string of the molecule is C#C/C=C\c1nc(C)n(C(CCC)CC2CCC2)c1C. The van der Waals surface area contributed by atoms with Crippen LogP contribution in [0.3, 0.4) is 0 Å². The zero-order valence-corrected chi connectivity index (χ0v) is 13.0. The highest BCUT2D eigenvalue weighted by atomic mass is 15.1. The lowest BCUT2D eigenvalue weighted by Crippen LogP contribution is -2.20. The minimum Gasteiger partial charge on any atom is -0.329 e. The van der Waals surface area contributed by atoms with Gasteiger partial charge in [0.05, 0.1) is 5.69 Å². The second-order valence-electron chi connectivity index (χ2n) is 5.97. The van der Waals surface area contributed by atoms with Gasteiger partial charge in [-0.05, 0) is 44.8 Å². The van der Waals surface area contributed by atoms with Gasteiger partial charge in [0, 0.05) is 11.7 Å². The van der Waals surface area contributed by atoms with Gasteiger partial charge in [-0.3, -0.25) is 0 Å². The molecule has 0 aromatic carbocycles. The highest BCUT2D eigenvalue weighted by molar-refractivity contribution is 5.51. The van der Waals surface area contributed by atoms with Crippen LogP contribution in [-0.2, 0) is 0 Å². The molecule has 20 heavy (non-hydrogen) atoms. The van der Waals surface area contributed by atoms with Crippen molar-refractivity contribution in [3.63, 3.8) is 0 Å². The van der Waals surface area contributed by atoms with Gasteiger partial charge in [0.25, 0.3) is 0 Å². The van der Waals surface area contributed by atoms with E-state index in [1.54, 1.807) is 6.08 Å². The molecule has 1 aliphatic carbocycles.